The van der Waals surface area contributed by atoms with Gasteiger partial charge in [0.15, 0.2) is 6.29 Å². The van der Waals surface area contributed by atoms with E-state index in [4.69, 9.17) is 33.0 Å². The fourth-order valence-corrected chi connectivity index (χ4v) is 2.54. The van der Waals surface area contributed by atoms with Crippen molar-refractivity contribution >= 4 is 35.2 Å². The number of halogens is 2. The van der Waals surface area contributed by atoms with Crippen LogP contribution in [0.15, 0.2) is 24.3 Å². The summed E-state index contributed by atoms with van der Waals surface area (Å²) in [5.74, 6) is -0.509. The maximum Gasteiger partial charge on any atom is 0.244 e. The standard InChI is InChI=1S/C15H17Cl2NO5/c16-10-3-1-8(5-11(10)17)2-4-13(21)18-14-12(20)6-9(7-19)23-15(14)22/h1-5,9,12,14-15,19-20,22H,6-7H2,(H,18,21). The van der Waals surface area contributed by atoms with Crippen LogP contribution in [-0.4, -0.2) is 52.4 Å². The molecule has 1 saturated heterocycles. The summed E-state index contributed by atoms with van der Waals surface area (Å²) in [4.78, 5) is 11.9. The Morgan fingerprint density at radius 3 is 2.70 bits per heavy atom. The van der Waals surface area contributed by atoms with Crippen LogP contribution in [0.5, 0.6) is 0 Å². The molecule has 126 valence electrons. The third-order valence-electron chi connectivity index (χ3n) is 3.44. The third-order valence-corrected chi connectivity index (χ3v) is 4.18. The van der Waals surface area contributed by atoms with Crippen LogP contribution in [0.3, 0.4) is 0 Å². The van der Waals surface area contributed by atoms with E-state index < -0.39 is 30.4 Å². The number of rotatable bonds is 4. The van der Waals surface area contributed by atoms with Crippen molar-refractivity contribution in [1.29, 1.82) is 0 Å². The molecule has 0 radical (unpaired) electrons. The summed E-state index contributed by atoms with van der Waals surface area (Å²) in [6.45, 7) is -0.313. The fraction of sp³-hybridized carbons (Fsp3) is 0.400. The third kappa shape index (κ3) is 4.91. The highest BCUT2D eigenvalue weighted by Gasteiger charge is 2.37. The normalized spacial score (nSPS) is 28.0. The minimum Gasteiger partial charge on any atom is -0.394 e. The molecule has 4 N–H and O–H groups in total. The zero-order valence-corrected chi connectivity index (χ0v) is 13.5. The Hall–Kier alpha value is -1.15. The van der Waals surface area contributed by atoms with Gasteiger partial charge >= 0.3 is 0 Å². The molecule has 23 heavy (non-hydrogen) atoms. The zero-order chi connectivity index (χ0) is 17.0. The Morgan fingerprint density at radius 1 is 1.35 bits per heavy atom. The Labute approximate surface area is 143 Å². The zero-order valence-electron chi connectivity index (χ0n) is 12.0. The highest BCUT2D eigenvalue weighted by atomic mass is 35.5. The molecule has 0 aliphatic carbocycles. The van der Waals surface area contributed by atoms with E-state index in [2.05, 4.69) is 5.32 Å². The van der Waals surface area contributed by atoms with Crippen LogP contribution in [0.4, 0.5) is 0 Å². The molecule has 1 aromatic rings. The molecule has 8 heteroatoms. The lowest BCUT2D eigenvalue weighted by Crippen LogP contribution is -2.57. The number of benzene rings is 1. The maximum absolute atomic E-state index is 11.9. The molecule has 1 aromatic carbocycles. The van der Waals surface area contributed by atoms with Crippen LogP contribution in [0, 0.1) is 0 Å². The van der Waals surface area contributed by atoms with Crippen molar-refractivity contribution in [3.8, 4) is 0 Å². The number of carbonyl (C=O) groups excluding carboxylic acids is 1. The van der Waals surface area contributed by atoms with Gasteiger partial charge in [0, 0.05) is 12.5 Å². The molecule has 0 aromatic heterocycles. The predicted molar refractivity (Wildman–Crippen MR) is 86.0 cm³/mol. The molecule has 0 saturated carbocycles. The van der Waals surface area contributed by atoms with Crippen LogP contribution in [0.1, 0.15) is 12.0 Å². The molecule has 2 rings (SSSR count). The number of aliphatic hydroxyl groups is 3. The second kappa shape index (κ2) is 8.10. The summed E-state index contributed by atoms with van der Waals surface area (Å²) in [6.07, 6.45) is -0.167. The van der Waals surface area contributed by atoms with Gasteiger partial charge in [0.1, 0.15) is 6.04 Å². The van der Waals surface area contributed by atoms with E-state index in [9.17, 15) is 15.0 Å². The lowest BCUT2D eigenvalue weighted by molar-refractivity contribution is -0.214. The average molecular weight is 362 g/mol. The molecular formula is C15H17Cl2NO5. The molecular weight excluding hydrogens is 345 g/mol. The molecule has 1 amide bonds. The number of carbonyl (C=O) groups is 1. The van der Waals surface area contributed by atoms with E-state index >= 15 is 0 Å². The fourth-order valence-electron chi connectivity index (χ4n) is 2.23. The summed E-state index contributed by atoms with van der Waals surface area (Å²) in [6, 6.07) is 3.94. The molecule has 4 atom stereocenters. The summed E-state index contributed by atoms with van der Waals surface area (Å²) < 4.78 is 5.09. The van der Waals surface area contributed by atoms with Crippen LogP contribution in [0.25, 0.3) is 6.08 Å². The first kappa shape index (κ1) is 18.2. The van der Waals surface area contributed by atoms with Crippen molar-refractivity contribution in [3.05, 3.63) is 39.9 Å². The SMILES string of the molecule is O=C(C=Cc1ccc(Cl)c(Cl)c1)NC1C(O)CC(CO)OC1O. The predicted octanol–water partition coefficient (Wildman–Crippen LogP) is 0.952. The van der Waals surface area contributed by atoms with Crippen molar-refractivity contribution in [1.82, 2.24) is 5.32 Å². The van der Waals surface area contributed by atoms with Gasteiger partial charge in [-0.1, -0.05) is 29.3 Å². The first-order valence-electron chi connectivity index (χ1n) is 6.96. The van der Waals surface area contributed by atoms with Crippen molar-refractivity contribution in [2.24, 2.45) is 0 Å². The van der Waals surface area contributed by atoms with Crippen molar-refractivity contribution in [3.63, 3.8) is 0 Å². The van der Waals surface area contributed by atoms with Gasteiger partial charge in [-0.15, -0.1) is 0 Å². The van der Waals surface area contributed by atoms with Gasteiger partial charge in [0.2, 0.25) is 5.91 Å². The van der Waals surface area contributed by atoms with Gasteiger partial charge in [-0.2, -0.15) is 0 Å². The first-order valence-corrected chi connectivity index (χ1v) is 7.72. The molecule has 1 aliphatic rings. The number of amides is 1. The molecule has 4 unspecified atom stereocenters. The number of ether oxygens (including phenoxy) is 1. The molecule has 0 spiro atoms. The summed E-state index contributed by atoms with van der Waals surface area (Å²) >= 11 is 11.7. The summed E-state index contributed by atoms with van der Waals surface area (Å²) in [7, 11) is 0. The lowest BCUT2D eigenvalue weighted by atomic mass is 10.0. The van der Waals surface area contributed by atoms with E-state index in [0.29, 0.717) is 15.6 Å². The minimum atomic E-state index is -1.39. The highest BCUT2D eigenvalue weighted by Crippen LogP contribution is 2.23. The lowest BCUT2D eigenvalue weighted by Gasteiger charge is -2.36. The molecule has 1 aliphatic heterocycles. The van der Waals surface area contributed by atoms with Crippen molar-refractivity contribution < 1.29 is 24.9 Å². The van der Waals surface area contributed by atoms with E-state index in [1.807, 2.05) is 0 Å². The Balaban J connectivity index is 1.96. The van der Waals surface area contributed by atoms with Crippen LogP contribution in [0.2, 0.25) is 10.0 Å². The average Bonchev–Trinajstić information content (AvgIpc) is 2.51. The van der Waals surface area contributed by atoms with E-state index in [1.54, 1.807) is 18.2 Å². The van der Waals surface area contributed by atoms with Crippen molar-refractivity contribution in [2.45, 2.75) is 31.0 Å². The topological polar surface area (TPSA) is 99.0 Å². The molecule has 1 fully saturated rings. The minimum absolute atomic E-state index is 0.120. The summed E-state index contributed by atoms with van der Waals surface area (Å²) in [5.41, 5.74) is 0.677. The maximum atomic E-state index is 11.9. The molecule has 6 nitrogen and oxygen atoms in total. The van der Waals surface area contributed by atoms with E-state index in [-0.39, 0.29) is 13.0 Å². The van der Waals surface area contributed by atoms with E-state index in [1.165, 1.54) is 12.2 Å². The largest absolute Gasteiger partial charge is 0.394 e. The number of aliphatic hydroxyl groups excluding tert-OH is 3. The smallest absolute Gasteiger partial charge is 0.244 e. The monoisotopic (exact) mass is 361 g/mol. The molecule has 0 bridgehead atoms. The van der Waals surface area contributed by atoms with Gasteiger partial charge in [-0.3, -0.25) is 4.79 Å². The quantitative estimate of drug-likeness (QED) is 0.598. The van der Waals surface area contributed by atoms with Gasteiger partial charge in [-0.25, -0.2) is 0 Å². The highest BCUT2D eigenvalue weighted by molar-refractivity contribution is 6.42. The Kier molecular flexibility index (Phi) is 6.41. The van der Waals surface area contributed by atoms with Crippen LogP contribution < -0.4 is 5.32 Å². The second-order valence-corrected chi connectivity index (χ2v) is 5.99. The second-order valence-electron chi connectivity index (χ2n) is 5.18. The van der Waals surface area contributed by atoms with Crippen LogP contribution in [-0.2, 0) is 9.53 Å². The Morgan fingerprint density at radius 2 is 2.09 bits per heavy atom. The van der Waals surface area contributed by atoms with Gasteiger partial charge in [-0.05, 0) is 23.8 Å². The van der Waals surface area contributed by atoms with Gasteiger partial charge in [0.05, 0.1) is 28.9 Å². The Bertz CT molecular complexity index is 583. The summed E-state index contributed by atoms with van der Waals surface area (Å²) in [5, 5.41) is 31.9. The van der Waals surface area contributed by atoms with Crippen LogP contribution >= 0.6 is 23.2 Å². The number of nitrogens with one attached hydrogen (secondary N) is 1. The first-order chi connectivity index (χ1) is 10.9. The number of hydrogen-bond donors (Lipinski definition) is 4. The van der Waals surface area contributed by atoms with Gasteiger partial charge < -0.3 is 25.4 Å². The van der Waals surface area contributed by atoms with Gasteiger partial charge in [0.25, 0.3) is 0 Å². The van der Waals surface area contributed by atoms with E-state index in [0.717, 1.165) is 0 Å². The number of hydrogen-bond acceptors (Lipinski definition) is 5. The molecule has 1 heterocycles. The van der Waals surface area contributed by atoms with Crippen molar-refractivity contribution in [2.75, 3.05) is 6.61 Å².